The van der Waals surface area contributed by atoms with Gasteiger partial charge in [0.2, 0.25) is 5.95 Å². The highest BCUT2D eigenvalue weighted by atomic mass is 35.5. The van der Waals surface area contributed by atoms with Gasteiger partial charge in [0.25, 0.3) is 0 Å². The van der Waals surface area contributed by atoms with Crippen molar-refractivity contribution in [2.45, 2.75) is 25.4 Å². The van der Waals surface area contributed by atoms with Gasteiger partial charge in [-0.2, -0.15) is 0 Å². The molecule has 0 unspecified atom stereocenters. The molecule has 154 valence electrons. The topological polar surface area (TPSA) is 64.6 Å². The molecule has 29 heavy (non-hydrogen) atoms. The monoisotopic (exact) mass is 414 g/mol. The summed E-state index contributed by atoms with van der Waals surface area (Å²) >= 11 is 5.96. The second kappa shape index (κ2) is 9.41. The van der Waals surface area contributed by atoms with Crippen molar-refractivity contribution in [3.63, 3.8) is 0 Å². The number of halogens is 1. The first kappa shape index (κ1) is 19.9. The zero-order valence-corrected chi connectivity index (χ0v) is 17.3. The van der Waals surface area contributed by atoms with Gasteiger partial charge in [-0.15, -0.1) is 0 Å². The lowest BCUT2D eigenvalue weighted by Crippen LogP contribution is -2.55. The van der Waals surface area contributed by atoms with Crippen molar-refractivity contribution in [2.75, 3.05) is 44.2 Å². The van der Waals surface area contributed by atoms with Crippen LogP contribution in [0.4, 0.5) is 10.7 Å². The van der Waals surface area contributed by atoms with Crippen LogP contribution in [-0.2, 0) is 6.54 Å². The van der Waals surface area contributed by atoms with Gasteiger partial charge in [-0.3, -0.25) is 4.90 Å². The smallest absolute Gasteiger partial charge is 0.317 e. The fourth-order valence-corrected chi connectivity index (χ4v) is 4.04. The lowest BCUT2D eigenvalue weighted by Gasteiger charge is -2.37. The van der Waals surface area contributed by atoms with Gasteiger partial charge >= 0.3 is 6.03 Å². The summed E-state index contributed by atoms with van der Waals surface area (Å²) < 4.78 is 0. The number of hydrogen-bond acceptors (Lipinski definition) is 5. The fourth-order valence-electron chi connectivity index (χ4n) is 3.91. The lowest BCUT2D eigenvalue weighted by atomic mass is 10.0. The number of hydrogen-bond donors (Lipinski definition) is 1. The molecule has 0 spiro atoms. The Labute approximate surface area is 176 Å². The summed E-state index contributed by atoms with van der Waals surface area (Å²) in [7, 11) is 0. The predicted octanol–water partition coefficient (Wildman–Crippen LogP) is 2.63. The maximum absolute atomic E-state index is 12.7. The summed E-state index contributed by atoms with van der Waals surface area (Å²) in [5.74, 6) is 0.737. The molecular weight excluding hydrogens is 388 g/mol. The molecule has 7 nitrogen and oxygen atoms in total. The van der Waals surface area contributed by atoms with E-state index in [1.807, 2.05) is 23.1 Å². The van der Waals surface area contributed by atoms with E-state index in [9.17, 15) is 4.79 Å². The third-order valence-corrected chi connectivity index (χ3v) is 5.89. The predicted molar refractivity (Wildman–Crippen MR) is 114 cm³/mol. The summed E-state index contributed by atoms with van der Waals surface area (Å²) in [6.07, 6.45) is 5.47. The highest BCUT2D eigenvalue weighted by molar-refractivity contribution is 6.30. The molecule has 1 aromatic carbocycles. The number of aromatic nitrogens is 2. The summed E-state index contributed by atoms with van der Waals surface area (Å²) in [6.45, 7) is 5.83. The van der Waals surface area contributed by atoms with Crippen LogP contribution < -0.4 is 10.2 Å². The molecule has 2 fully saturated rings. The van der Waals surface area contributed by atoms with Crippen LogP contribution in [0.2, 0.25) is 5.02 Å². The molecule has 0 radical (unpaired) electrons. The average Bonchev–Trinajstić information content (AvgIpc) is 2.77. The molecule has 1 aromatic heterocycles. The Kier molecular flexibility index (Phi) is 6.46. The van der Waals surface area contributed by atoms with Crippen LogP contribution in [0.3, 0.4) is 0 Å². The average molecular weight is 415 g/mol. The molecule has 0 bridgehead atoms. The zero-order chi connectivity index (χ0) is 20.1. The fraction of sp³-hybridized carbons (Fsp3) is 0.476. The number of amides is 2. The van der Waals surface area contributed by atoms with Crippen LogP contribution in [0.15, 0.2) is 42.7 Å². The highest BCUT2D eigenvalue weighted by Crippen LogP contribution is 2.16. The van der Waals surface area contributed by atoms with Crippen molar-refractivity contribution in [1.82, 2.24) is 25.1 Å². The van der Waals surface area contributed by atoms with E-state index in [1.54, 1.807) is 12.4 Å². The minimum atomic E-state index is 0.0507. The quantitative estimate of drug-likeness (QED) is 0.833. The number of nitrogens with one attached hydrogen (secondary N) is 1. The lowest BCUT2D eigenvalue weighted by molar-refractivity contribution is 0.167. The van der Waals surface area contributed by atoms with E-state index in [1.165, 1.54) is 5.56 Å². The van der Waals surface area contributed by atoms with Crippen LogP contribution in [0.25, 0.3) is 0 Å². The van der Waals surface area contributed by atoms with E-state index in [4.69, 9.17) is 11.6 Å². The van der Waals surface area contributed by atoms with Gasteiger partial charge < -0.3 is 15.1 Å². The number of carbonyl (C=O) groups is 1. The molecule has 2 aliphatic heterocycles. The number of piperidine rings is 1. The van der Waals surface area contributed by atoms with E-state index in [2.05, 4.69) is 37.2 Å². The van der Waals surface area contributed by atoms with Gasteiger partial charge in [0.1, 0.15) is 0 Å². The SMILES string of the molecule is O=C(NC1CCN(Cc2ccc(Cl)cc2)CC1)N1CCN(c2ncccn2)CC1. The van der Waals surface area contributed by atoms with E-state index >= 15 is 0 Å². The highest BCUT2D eigenvalue weighted by Gasteiger charge is 2.26. The number of nitrogens with zero attached hydrogens (tertiary/aromatic N) is 5. The van der Waals surface area contributed by atoms with E-state index in [0.717, 1.165) is 56.5 Å². The Hall–Kier alpha value is -2.38. The Morgan fingerprint density at radius 3 is 2.31 bits per heavy atom. The number of carbonyl (C=O) groups excluding carboxylic acids is 1. The number of rotatable bonds is 4. The van der Waals surface area contributed by atoms with Crippen molar-refractivity contribution in [2.24, 2.45) is 0 Å². The molecular formula is C21H27ClN6O. The van der Waals surface area contributed by atoms with E-state index in [-0.39, 0.29) is 12.1 Å². The molecule has 1 N–H and O–H groups in total. The summed E-state index contributed by atoms with van der Waals surface area (Å²) in [5.41, 5.74) is 1.28. The van der Waals surface area contributed by atoms with Gasteiger partial charge in [-0.1, -0.05) is 23.7 Å². The van der Waals surface area contributed by atoms with Crippen LogP contribution in [0, 0.1) is 0 Å². The number of anilines is 1. The van der Waals surface area contributed by atoms with Gasteiger partial charge in [-0.05, 0) is 36.6 Å². The second-order valence-electron chi connectivity index (χ2n) is 7.65. The number of benzene rings is 1. The number of piperazine rings is 1. The molecule has 0 atom stereocenters. The maximum Gasteiger partial charge on any atom is 0.317 e. The van der Waals surface area contributed by atoms with Gasteiger partial charge in [0, 0.05) is 69.3 Å². The minimum absolute atomic E-state index is 0.0507. The maximum atomic E-state index is 12.7. The summed E-state index contributed by atoms with van der Waals surface area (Å²) in [4.78, 5) is 27.7. The third kappa shape index (κ3) is 5.36. The second-order valence-corrected chi connectivity index (χ2v) is 8.09. The summed E-state index contributed by atoms with van der Waals surface area (Å²) in [5, 5.41) is 4.00. The number of likely N-dealkylation sites (tertiary alicyclic amines) is 1. The van der Waals surface area contributed by atoms with Crippen LogP contribution in [0.5, 0.6) is 0 Å². The molecule has 2 aromatic rings. The Morgan fingerprint density at radius 2 is 1.66 bits per heavy atom. The third-order valence-electron chi connectivity index (χ3n) is 5.64. The number of urea groups is 1. The largest absolute Gasteiger partial charge is 0.337 e. The van der Waals surface area contributed by atoms with Crippen molar-refractivity contribution in [1.29, 1.82) is 0 Å². The summed E-state index contributed by atoms with van der Waals surface area (Å²) in [6, 6.07) is 10.1. The Bertz CT molecular complexity index is 787. The molecule has 8 heteroatoms. The zero-order valence-electron chi connectivity index (χ0n) is 16.5. The van der Waals surface area contributed by atoms with Crippen molar-refractivity contribution in [3.8, 4) is 0 Å². The van der Waals surface area contributed by atoms with Crippen LogP contribution >= 0.6 is 11.6 Å². The van der Waals surface area contributed by atoms with Crippen molar-refractivity contribution >= 4 is 23.6 Å². The van der Waals surface area contributed by atoms with E-state index < -0.39 is 0 Å². The molecule has 0 aliphatic carbocycles. The Morgan fingerprint density at radius 1 is 1.00 bits per heavy atom. The Balaban J connectivity index is 1.19. The van der Waals surface area contributed by atoms with Crippen LogP contribution in [0.1, 0.15) is 18.4 Å². The van der Waals surface area contributed by atoms with Gasteiger partial charge in [-0.25, -0.2) is 14.8 Å². The standard InChI is InChI=1S/C21H27ClN6O/c22-18-4-2-17(3-5-18)16-26-10-6-19(7-11-26)25-21(29)28-14-12-27(13-15-28)20-23-8-1-9-24-20/h1-5,8-9,19H,6-7,10-16H2,(H,25,29). The molecule has 2 aliphatic rings. The first-order valence-corrected chi connectivity index (χ1v) is 10.6. The van der Waals surface area contributed by atoms with E-state index in [0.29, 0.717) is 13.1 Å². The first-order valence-electron chi connectivity index (χ1n) is 10.2. The van der Waals surface area contributed by atoms with Gasteiger partial charge in [0.15, 0.2) is 0 Å². The molecule has 2 amide bonds. The molecule has 0 saturated carbocycles. The normalized spacial score (nSPS) is 18.7. The van der Waals surface area contributed by atoms with Gasteiger partial charge in [0.05, 0.1) is 0 Å². The van der Waals surface area contributed by atoms with Crippen molar-refractivity contribution < 1.29 is 4.79 Å². The first-order chi connectivity index (χ1) is 14.2. The molecule has 4 rings (SSSR count). The molecule has 3 heterocycles. The van der Waals surface area contributed by atoms with Crippen LogP contribution in [-0.4, -0.2) is 71.1 Å². The molecule has 2 saturated heterocycles. The minimum Gasteiger partial charge on any atom is -0.337 e. The van der Waals surface area contributed by atoms with Crippen molar-refractivity contribution in [3.05, 3.63) is 53.3 Å².